The highest BCUT2D eigenvalue weighted by Crippen LogP contribution is 2.21. The Balaban J connectivity index is 1.74. The lowest BCUT2D eigenvalue weighted by Gasteiger charge is -2.03. The number of fused-ring (bicyclic) bond motifs is 3. The zero-order valence-electron chi connectivity index (χ0n) is 16.3. The number of methoxy groups -OCH3 is 1. The standard InChI is InChI=1S/C24H18ClN3O2/c1-30-20-12-6-16(7-13-20)14-27-15-17-4-2-3-5-21(17)22-23(27)24(29)28(26-22)19-10-8-18(25)9-11-19/h2-13,15H,14H2,1H3/p+1. The fourth-order valence-electron chi connectivity index (χ4n) is 3.78. The molecule has 0 bridgehead atoms. The van der Waals surface area contributed by atoms with Gasteiger partial charge in [-0.1, -0.05) is 29.8 Å². The van der Waals surface area contributed by atoms with Crippen LogP contribution in [0.4, 0.5) is 0 Å². The summed E-state index contributed by atoms with van der Waals surface area (Å²) in [6, 6.07) is 23.1. The first-order chi connectivity index (χ1) is 14.6. The minimum absolute atomic E-state index is 0.105. The predicted molar refractivity (Wildman–Crippen MR) is 119 cm³/mol. The van der Waals surface area contributed by atoms with Crippen molar-refractivity contribution in [2.24, 2.45) is 0 Å². The number of ether oxygens (including phenoxy) is 1. The van der Waals surface area contributed by atoms with E-state index in [-0.39, 0.29) is 5.56 Å². The second-order valence-corrected chi connectivity index (χ2v) is 7.58. The average Bonchev–Trinajstić information content (AvgIpc) is 3.13. The third-order valence-electron chi connectivity index (χ3n) is 5.28. The summed E-state index contributed by atoms with van der Waals surface area (Å²) in [7, 11) is 1.65. The van der Waals surface area contributed by atoms with Crippen LogP contribution in [-0.2, 0) is 6.54 Å². The normalized spacial score (nSPS) is 11.3. The lowest BCUT2D eigenvalue weighted by atomic mass is 10.1. The summed E-state index contributed by atoms with van der Waals surface area (Å²) < 4.78 is 8.82. The molecule has 6 heteroatoms. The van der Waals surface area contributed by atoms with Crippen molar-refractivity contribution in [3.05, 3.63) is 99.9 Å². The van der Waals surface area contributed by atoms with Gasteiger partial charge in [0.15, 0.2) is 12.7 Å². The first-order valence-electron chi connectivity index (χ1n) is 9.59. The predicted octanol–water partition coefficient (Wildman–Crippen LogP) is 4.47. The third kappa shape index (κ3) is 3.13. The highest BCUT2D eigenvalue weighted by Gasteiger charge is 2.22. The van der Waals surface area contributed by atoms with E-state index >= 15 is 0 Å². The second-order valence-electron chi connectivity index (χ2n) is 7.14. The Morgan fingerprint density at radius 3 is 2.47 bits per heavy atom. The first kappa shape index (κ1) is 18.5. The number of nitrogens with one attached hydrogen (secondary N) is 1. The molecule has 0 atom stereocenters. The van der Waals surface area contributed by atoms with Crippen molar-refractivity contribution >= 4 is 33.4 Å². The fourth-order valence-corrected chi connectivity index (χ4v) is 3.90. The lowest BCUT2D eigenvalue weighted by Crippen LogP contribution is -2.38. The van der Waals surface area contributed by atoms with E-state index < -0.39 is 0 Å². The van der Waals surface area contributed by atoms with Crippen molar-refractivity contribution in [2.45, 2.75) is 6.54 Å². The van der Waals surface area contributed by atoms with Gasteiger partial charge in [0.05, 0.1) is 12.8 Å². The molecular formula is C24H19ClN3O2+. The van der Waals surface area contributed by atoms with Crippen molar-refractivity contribution in [3.63, 3.8) is 0 Å². The summed E-state index contributed by atoms with van der Waals surface area (Å²) in [6.07, 6.45) is 2.03. The number of aromatic amines is 1. The molecule has 0 radical (unpaired) electrons. The maximum atomic E-state index is 13.4. The van der Waals surface area contributed by atoms with Crippen molar-refractivity contribution in [1.29, 1.82) is 0 Å². The van der Waals surface area contributed by atoms with Crippen LogP contribution in [0.25, 0.3) is 27.5 Å². The Morgan fingerprint density at radius 1 is 1.00 bits per heavy atom. The molecular weight excluding hydrogens is 398 g/mol. The maximum Gasteiger partial charge on any atom is 0.344 e. The molecule has 30 heavy (non-hydrogen) atoms. The number of hydrogen-bond donors (Lipinski definition) is 1. The van der Waals surface area contributed by atoms with Gasteiger partial charge in [-0.15, -0.1) is 0 Å². The van der Waals surface area contributed by atoms with Crippen molar-refractivity contribution in [1.82, 2.24) is 9.78 Å². The van der Waals surface area contributed by atoms with Crippen LogP contribution < -0.4 is 14.9 Å². The summed E-state index contributed by atoms with van der Waals surface area (Å²) in [6.45, 7) is 0.568. The molecule has 5 nitrogen and oxygen atoms in total. The number of nitrogens with zero attached hydrogens (tertiary/aromatic N) is 2. The average molecular weight is 417 g/mol. The molecule has 0 saturated heterocycles. The SMILES string of the molecule is COc1ccc(C[n+]2cc3ccccc3c3[nH]n(-c4ccc(Cl)cc4)c(=O)c32)cc1. The number of pyridine rings is 1. The first-order valence-corrected chi connectivity index (χ1v) is 9.96. The highest BCUT2D eigenvalue weighted by molar-refractivity contribution is 6.30. The van der Waals surface area contributed by atoms with Gasteiger partial charge in [-0.3, -0.25) is 9.89 Å². The Bertz CT molecular complexity index is 1420. The summed E-state index contributed by atoms with van der Waals surface area (Å²) >= 11 is 6.02. The van der Waals surface area contributed by atoms with E-state index in [4.69, 9.17) is 16.3 Å². The zero-order valence-corrected chi connectivity index (χ0v) is 17.1. The molecule has 0 aliphatic carbocycles. The number of rotatable bonds is 4. The van der Waals surface area contributed by atoms with Gasteiger partial charge >= 0.3 is 5.56 Å². The molecule has 2 heterocycles. The molecule has 1 N–H and O–H groups in total. The molecule has 0 spiro atoms. The van der Waals surface area contributed by atoms with E-state index in [1.165, 1.54) is 0 Å². The van der Waals surface area contributed by atoms with E-state index in [9.17, 15) is 4.79 Å². The van der Waals surface area contributed by atoms with Gasteiger partial charge < -0.3 is 4.74 Å². The van der Waals surface area contributed by atoms with Crippen molar-refractivity contribution in [2.75, 3.05) is 7.11 Å². The smallest absolute Gasteiger partial charge is 0.344 e. The number of hydrogen-bond acceptors (Lipinski definition) is 2. The van der Waals surface area contributed by atoms with Gasteiger partial charge in [-0.05, 0) is 54.6 Å². The summed E-state index contributed by atoms with van der Waals surface area (Å²) in [4.78, 5) is 13.4. The van der Waals surface area contributed by atoms with Crippen LogP contribution in [0.2, 0.25) is 5.02 Å². The van der Waals surface area contributed by atoms with Crippen LogP contribution in [-0.4, -0.2) is 16.9 Å². The molecule has 0 aliphatic rings. The maximum absolute atomic E-state index is 13.4. The monoisotopic (exact) mass is 416 g/mol. The molecule has 2 aromatic heterocycles. The zero-order chi connectivity index (χ0) is 20.7. The molecule has 5 aromatic rings. The second kappa shape index (κ2) is 7.35. The van der Waals surface area contributed by atoms with Gasteiger partial charge in [0.1, 0.15) is 11.3 Å². The van der Waals surface area contributed by atoms with Crippen LogP contribution in [0, 0.1) is 0 Å². The molecule has 0 unspecified atom stereocenters. The van der Waals surface area contributed by atoms with E-state index in [0.29, 0.717) is 17.1 Å². The third-order valence-corrected chi connectivity index (χ3v) is 5.53. The topological polar surface area (TPSA) is 50.9 Å². The number of H-pyrrole nitrogens is 1. The molecule has 0 fully saturated rings. The van der Waals surface area contributed by atoms with Crippen LogP contribution in [0.3, 0.4) is 0 Å². The minimum Gasteiger partial charge on any atom is -0.497 e. The Labute approximate surface area is 177 Å². The van der Waals surface area contributed by atoms with Crippen LogP contribution in [0.5, 0.6) is 5.75 Å². The summed E-state index contributed by atoms with van der Waals surface area (Å²) in [5.74, 6) is 0.805. The quantitative estimate of drug-likeness (QED) is 0.439. The highest BCUT2D eigenvalue weighted by atomic mass is 35.5. The number of aromatic nitrogens is 3. The fraction of sp³-hybridized carbons (Fsp3) is 0.0833. The number of benzene rings is 3. The van der Waals surface area contributed by atoms with Crippen molar-refractivity contribution in [3.8, 4) is 11.4 Å². The van der Waals surface area contributed by atoms with Crippen LogP contribution in [0.15, 0.2) is 83.8 Å². The molecule has 148 valence electrons. The van der Waals surface area contributed by atoms with Crippen LogP contribution in [0.1, 0.15) is 5.56 Å². The summed E-state index contributed by atoms with van der Waals surface area (Å²) in [5.41, 5.74) is 3.14. The van der Waals surface area contributed by atoms with Gasteiger partial charge in [0.2, 0.25) is 0 Å². The van der Waals surface area contributed by atoms with Gasteiger partial charge in [0.25, 0.3) is 5.52 Å². The lowest BCUT2D eigenvalue weighted by molar-refractivity contribution is -0.661. The Morgan fingerprint density at radius 2 is 1.73 bits per heavy atom. The Hall–Kier alpha value is -3.57. The molecule has 3 aromatic carbocycles. The molecule has 0 aliphatic heterocycles. The van der Waals surface area contributed by atoms with E-state index in [2.05, 4.69) is 11.2 Å². The van der Waals surface area contributed by atoms with Gasteiger partial charge in [-0.2, -0.15) is 4.57 Å². The van der Waals surface area contributed by atoms with E-state index in [1.807, 2.05) is 65.4 Å². The van der Waals surface area contributed by atoms with Gasteiger partial charge in [-0.25, -0.2) is 4.68 Å². The summed E-state index contributed by atoms with van der Waals surface area (Å²) in [5, 5.41) is 6.00. The number of halogens is 1. The van der Waals surface area contributed by atoms with Crippen molar-refractivity contribution < 1.29 is 9.30 Å². The molecule has 0 saturated carbocycles. The van der Waals surface area contributed by atoms with E-state index in [1.54, 1.807) is 23.9 Å². The van der Waals surface area contributed by atoms with E-state index in [0.717, 1.165) is 33.3 Å². The largest absolute Gasteiger partial charge is 0.497 e. The minimum atomic E-state index is -0.105. The van der Waals surface area contributed by atoms with Gasteiger partial charge in [0, 0.05) is 21.4 Å². The molecule has 0 amide bonds. The molecule has 5 rings (SSSR count). The van der Waals surface area contributed by atoms with Crippen LogP contribution >= 0.6 is 11.6 Å². The Kier molecular flexibility index (Phi) is 4.52.